The fourth-order valence-electron chi connectivity index (χ4n) is 0.652. The van der Waals surface area contributed by atoms with Crippen molar-refractivity contribution in [1.82, 2.24) is 0 Å². The maximum atomic E-state index is 11.3. The molecule has 0 aliphatic rings. The highest BCUT2D eigenvalue weighted by Gasteiger charge is 2.38. The van der Waals surface area contributed by atoms with Crippen molar-refractivity contribution in [3.63, 3.8) is 0 Å². The Hall–Kier alpha value is -1.68. The summed E-state index contributed by atoms with van der Waals surface area (Å²) in [4.78, 5) is 13.4. The van der Waals surface area contributed by atoms with Crippen molar-refractivity contribution in [1.29, 1.82) is 0 Å². The van der Waals surface area contributed by atoms with Crippen LogP contribution in [0.5, 0.6) is 0 Å². The van der Waals surface area contributed by atoms with Gasteiger partial charge in [-0.3, -0.25) is 4.18 Å². The van der Waals surface area contributed by atoms with Crippen molar-refractivity contribution in [2.75, 3.05) is 13.2 Å². The van der Waals surface area contributed by atoms with Crippen LogP contribution in [0.15, 0.2) is 0 Å². The highest BCUT2D eigenvalue weighted by atomic mass is 32.2. The molecule has 0 aliphatic carbocycles. The zero-order chi connectivity index (χ0) is 12.6. The van der Waals surface area contributed by atoms with Crippen molar-refractivity contribution >= 4 is 21.1 Å². The molecule has 0 N–H and O–H groups in total. The minimum atomic E-state index is -4.44. The molecule has 0 saturated carbocycles. The van der Waals surface area contributed by atoms with E-state index in [1.54, 1.807) is 0 Å². The smallest absolute Gasteiger partial charge is 0.456 e. The van der Waals surface area contributed by atoms with E-state index in [4.69, 9.17) is 12.0 Å². The summed E-state index contributed by atoms with van der Waals surface area (Å²) >= 11 is 0. The molecule has 0 heterocycles. The summed E-state index contributed by atoms with van der Waals surface area (Å²) in [5.74, 6) is 0.857. The molecule has 0 aromatic carbocycles. The number of rotatable bonds is 4. The fourth-order valence-corrected chi connectivity index (χ4v) is 1.43. The first-order valence-electron chi connectivity index (χ1n) is 4.21. The van der Waals surface area contributed by atoms with E-state index >= 15 is 0 Å². The van der Waals surface area contributed by atoms with Crippen molar-refractivity contribution in [2.45, 2.75) is 13.3 Å². The Kier molecular flexibility index (Phi) is 6.03. The van der Waals surface area contributed by atoms with E-state index in [9.17, 15) is 13.2 Å². The van der Waals surface area contributed by atoms with Crippen molar-refractivity contribution in [3.05, 3.63) is 5.53 Å². The average molecular weight is 246 g/mol. The Morgan fingerprint density at radius 1 is 1.56 bits per heavy atom. The lowest BCUT2D eigenvalue weighted by Crippen LogP contribution is -2.29. The molecule has 0 spiro atoms. The van der Waals surface area contributed by atoms with Crippen LogP contribution < -0.4 is 0 Å². The van der Waals surface area contributed by atoms with Crippen LogP contribution in [0.2, 0.25) is 0 Å². The van der Waals surface area contributed by atoms with Crippen LogP contribution in [0.3, 0.4) is 0 Å². The Morgan fingerprint density at radius 2 is 2.19 bits per heavy atom. The summed E-state index contributed by atoms with van der Waals surface area (Å²) in [5, 5.41) is -1.20. The van der Waals surface area contributed by atoms with E-state index < -0.39 is 21.1 Å². The summed E-state index contributed by atoms with van der Waals surface area (Å²) in [6.07, 6.45) is 4.92. The molecule has 0 aromatic heterocycles. The predicted octanol–water partition coefficient (Wildman–Crippen LogP) is -0.453. The van der Waals surface area contributed by atoms with Crippen LogP contribution >= 0.6 is 0 Å². The van der Waals surface area contributed by atoms with E-state index in [0.29, 0.717) is 0 Å². The topological polar surface area (TPSA) is 106 Å². The molecule has 0 aromatic rings. The largest absolute Gasteiger partial charge is 0.514 e. The summed E-state index contributed by atoms with van der Waals surface area (Å²) in [5.41, 5.74) is 8.40. The van der Waals surface area contributed by atoms with Gasteiger partial charge in [-0.05, 0) is 6.92 Å². The molecule has 0 bridgehead atoms. The minimum Gasteiger partial charge on any atom is -0.456 e. The van der Waals surface area contributed by atoms with E-state index in [1.807, 2.05) is 0 Å². The second kappa shape index (κ2) is 6.74. The maximum Gasteiger partial charge on any atom is 0.514 e. The van der Waals surface area contributed by atoms with Crippen molar-refractivity contribution in [3.8, 4) is 12.3 Å². The van der Waals surface area contributed by atoms with E-state index in [-0.39, 0.29) is 19.6 Å². The monoisotopic (exact) mass is 246 g/mol. The molecule has 0 aliphatic heterocycles. The van der Waals surface area contributed by atoms with Crippen molar-refractivity contribution < 1.29 is 26.9 Å². The lowest BCUT2D eigenvalue weighted by Gasteiger charge is -1.99. The first-order chi connectivity index (χ1) is 7.49. The van der Waals surface area contributed by atoms with Crippen LogP contribution in [-0.4, -0.2) is 37.4 Å². The third-order valence-corrected chi connectivity index (χ3v) is 2.46. The standard InChI is InChI=1S/C8H10N2O5S/c1-3-5-6-15-16(12,13)7(10-9)8(11)14-4-2/h1H,4-6H2,2H3. The molecule has 0 radical (unpaired) electrons. The Labute approximate surface area is 93.1 Å². The van der Waals surface area contributed by atoms with Crippen LogP contribution in [0.1, 0.15) is 13.3 Å². The zero-order valence-electron chi connectivity index (χ0n) is 8.54. The van der Waals surface area contributed by atoms with E-state index in [0.717, 1.165) is 0 Å². The van der Waals surface area contributed by atoms with Crippen molar-refractivity contribution in [2.24, 2.45) is 0 Å². The summed E-state index contributed by atoms with van der Waals surface area (Å²) in [6, 6.07) is 0. The van der Waals surface area contributed by atoms with E-state index in [1.165, 1.54) is 6.92 Å². The van der Waals surface area contributed by atoms with Crippen LogP contribution in [0.25, 0.3) is 5.53 Å². The number of carbonyl (C=O) groups is 1. The number of ether oxygens (including phenoxy) is 1. The molecule has 8 heteroatoms. The molecule has 0 fully saturated rings. The van der Waals surface area contributed by atoms with Gasteiger partial charge in [-0.25, -0.2) is 4.79 Å². The number of nitrogens with zero attached hydrogens (tertiary/aromatic N) is 2. The molecule has 16 heavy (non-hydrogen) atoms. The van der Waals surface area contributed by atoms with Gasteiger partial charge >= 0.3 is 21.1 Å². The van der Waals surface area contributed by atoms with Gasteiger partial charge in [-0.2, -0.15) is 8.42 Å². The Morgan fingerprint density at radius 3 is 2.62 bits per heavy atom. The number of hydrogen-bond acceptors (Lipinski definition) is 5. The third-order valence-electron chi connectivity index (χ3n) is 1.26. The summed E-state index contributed by atoms with van der Waals surface area (Å²) in [7, 11) is -4.44. The number of hydrogen-bond donors (Lipinski definition) is 0. The van der Waals surface area contributed by atoms with Crippen LogP contribution in [0.4, 0.5) is 0 Å². The lowest BCUT2D eigenvalue weighted by atomic mass is 10.5. The van der Waals surface area contributed by atoms with Gasteiger partial charge < -0.3 is 10.3 Å². The number of esters is 1. The Bertz CT molecular complexity index is 442. The van der Waals surface area contributed by atoms with Gasteiger partial charge in [0.15, 0.2) is 0 Å². The average Bonchev–Trinajstić information content (AvgIpc) is 2.18. The molecular weight excluding hydrogens is 236 g/mol. The quantitative estimate of drug-likeness (QED) is 0.0975. The molecule has 0 atom stereocenters. The highest BCUT2D eigenvalue weighted by molar-refractivity contribution is 8.04. The molecule has 0 saturated heterocycles. The zero-order valence-corrected chi connectivity index (χ0v) is 9.36. The normalized spacial score (nSPS) is 10.0. The number of terminal acetylenes is 1. The van der Waals surface area contributed by atoms with Gasteiger partial charge in [0.05, 0.1) is 13.2 Å². The molecule has 0 rings (SSSR count). The lowest BCUT2D eigenvalue weighted by molar-refractivity contribution is -0.139. The van der Waals surface area contributed by atoms with Gasteiger partial charge in [0.2, 0.25) is 0 Å². The third kappa shape index (κ3) is 4.23. The predicted molar refractivity (Wildman–Crippen MR) is 53.6 cm³/mol. The summed E-state index contributed by atoms with van der Waals surface area (Å²) < 4.78 is 31.2. The maximum absolute atomic E-state index is 11.3. The molecular formula is C8H10N2O5S. The molecule has 0 unspecified atom stereocenters. The second-order valence-corrected chi connectivity index (χ2v) is 3.89. The van der Waals surface area contributed by atoms with Gasteiger partial charge in [0.1, 0.15) is 0 Å². The second-order valence-electron chi connectivity index (χ2n) is 2.36. The molecule has 0 amide bonds. The van der Waals surface area contributed by atoms with Crippen LogP contribution in [-0.2, 0) is 23.8 Å². The first-order valence-corrected chi connectivity index (χ1v) is 5.62. The van der Waals surface area contributed by atoms with Gasteiger partial charge in [0.25, 0.3) is 0 Å². The van der Waals surface area contributed by atoms with Crippen LogP contribution in [0, 0.1) is 12.3 Å². The minimum absolute atomic E-state index is 0.0424. The summed E-state index contributed by atoms with van der Waals surface area (Å²) in [6.45, 7) is 1.10. The SMILES string of the molecule is C#CCCOS(=O)(=O)C(=[N+]=[N-])C(=O)OCC. The highest BCUT2D eigenvalue weighted by Crippen LogP contribution is 1.99. The molecule has 7 nitrogen and oxygen atoms in total. The Balaban J connectivity index is 4.79. The van der Waals surface area contributed by atoms with Gasteiger partial charge in [-0.15, -0.1) is 17.1 Å². The van der Waals surface area contributed by atoms with E-state index in [2.05, 4.69) is 19.6 Å². The first kappa shape index (κ1) is 14.3. The fraction of sp³-hybridized carbons (Fsp3) is 0.500. The number of carbonyl (C=O) groups excluding carboxylic acids is 1. The molecule has 88 valence electrons. The van der Waals surface area contributed by atoms with Gasteiger partial charge in [0, 0.05) is 6.42 Å². The van der Waals surface area contributed by atoms with Gasteiger partial charge in [-0.1, -0.05) is 0 Å².